The Hall–Kier alpha value is -1.75. The van der Waals surface area contributed by atoms with Crippen LogP contribution in [0, 0.1) is 0 Å². The van der Waals surface area contributed by atoms with Crippen molar-refractivity contribution < 1.29 is 9.59 Å². The molecule has 4 nitrogen and oxygen atoms in total. The molecule has 0 radical (unpaired) electrons. The predicted octanol–water partition coefficient (Wildman–Crippen LogP) is 4.74. The first-order valence-electron chi connectivity index (χ1n) is 8.58. The van der Waals surface area contributed by atoms with E-state index < -0.39 is 6.04 Å². The van der Waals surface area contributed by atoms with Gasteiger partial charge < -0.3 is 10.2 Å². The summed E-state index contributed by atoms with van der Waals surface area (Å²) in [4.78, 5) is 26.9. The number of hydrogen-bond acceptors (Lipinski definition) is 2. The van der Waals surface area contributed by atoms with Gasteiger partial charge in [0.2, 0.25) is 11.8 Å². The van der Waals surface area contributed by atoms with Gasteiger partial charge in [-0.1, -0.05) is 59.1 Å². The van der Waals surface area contributed by atoms with Crippen molar-refractivity contribution in [3.05, 3.63) is 68.7 Å². The molecule has 144 valence electrons. The molecule has 1 N–H and O–H groups in total. The van der Waals surface area contributed by atoms with Crippen LogP contribution in [-0.4, -0.2) is 29.3 Å². The van der Waals surface area contributed by atoms with Crippen molar-refractivity contribution in [2.45, 2.75) is 32.9 Å². The van der Waals surface area contributed by atoms with Crippen molar-refractivity contribution in [2.24, 2.45) is 0 Å². The van der Waals surface area contributed by atoms with Gasteiger partial charge in [-0.3, -0.25) is 9.59 Å². The predicted molar refractivity (Wildman–Crippen MR) is 110 cm³/mol. The lowest BCUT2D eigenvalue weighted by Gasteiger charge is -2.29. The summed E-state index contributed by atoms with van der Waals surface area (Å²) in [6.07, 6.45) is 0.102. The highest BCUT2D eigenvalue weighted by atomic mass is 35.5. The van der Waals surface area contributed by atoms with E-state index in [9.17, 15) is 9.59 Å². The van der Waals surface area contributed by atoms with Crippen molar-refractivity contribution in [3.63, 3.8) is 0 Å². The third-order valence-corrected chi connectivity index (χ3v) is 5.26. The quantitative estimate of drug-likeness (QED) is 0.693. The van der Waals surface area contributed by atoms with Gasteiger partial charge in [-0.15, -0.1) is 0 Å². The summed E-state index contributed by atoms with van der Waals surface area (Å²) >= 11 is 18.2. The van der Waals surface area contributed by atoms with Gasteiger partial charge in [0.15, 0.2) is 0 Å². The molecule has 7 heteroatoms. The second kappa shape index (κ2) is 9.98. The molecule has 2 amide bonds. The molecule has 2 aromatic rings. The maximum absolute atomic E-state index is 13.0. The molecule has 0 bridgehead atoms. The molecule has 0 saturated heterocycles. The van der Waals surface area contributed by atoms with E-state index in [1.165, 1.54) is 4.90 Å². The first kappa shape index (κ1) is 21.5. The van der Waals surface area contributed by atoms with Gasteiger partial charge in [0.1, 0.15) is 6.04 Å². The Labute approximate surface area is 174 Å². The average molecular weight is 428 g/mol. The minimum Gasteiger partial charge on any atom is -0.355 e. The van der Waals surface area contributed by atoms with Crippen molar-refractivity contribution in [2.75, 3.05) is 6.54 Å². The molecule has 0 aliphatic heterocycles. The largest absolute Gasteiger partial charge is 0.355 e. The molecule has 0 unspecified atom stereocenters. The minimum absolute atomic E-state index is 0.102. The van der Waals surface area contributed by atoms with Crippen LogP contribution in [-0.2, 0) is 22.6 Å². The molecule has 0 aliphatic carbocycles. The fourth-order valence-corrected chi connectivity index (χ4v) is 3.17. The lowest BCUT2D eigenvalue weighted by atomic mass is 10.1. The normalized spacial score (nSPS) is 11.7. The number of rotatable bonds is 7. The SMILES string of the molecule is CCNC(=O)[C@H](C)N(Cc1ccc(Cl)c(Cl)c1)C(=O)Cc1ccccc1Cl. The van der Waals surface area contributed by atoms with Gasteiger partial charge in [-0.25, -0.2) is 0 Å². The summed E-state index contributed by atoms with van der Waals surface area (Å²) < 4.78 is 0. The summed E-state index contributed by atoms with van der Waals surface area (Å²) in [5, 5.41) is 4.11. The minimum atomic E-state index is -0.644. The van der Waals surface area contributed by atoms with E-state index in [2.05, 4.69) is 5.32 Å². The topological polar surface area (TPSA) is 49.4 Å². The number of likely N-dealkylation sites (N-methyl/N-ethyl adjacent to an activating group) is 1. The molecular weight excluding hydrogens is 407 g/mol. The van der Waals surface area contributed by atoms with E-state index in [1.54, 1.807) is 43.3 Å². The van der Waals surface area contributed by atoms with Gasteiger partial charge in [0.05, 0.1) is 16.5 Å². The molecular formula is C20H21Cl3N2O2. The number of hydrogen-bond donors (Lipinski definition) is 1. The van der Waals surface area contributed by atoms with Crippen molar-refractivity contribution in [3.8, 4) is 0 Å². The zero-order chi connectivity index (χ0) is 20.0. The van der Waals surface area contributed by atoms with E-state index in [0.29, 0.717) is 27.2 Å². The van der Waals surface area contributed by atoms with E-state index in [1.807, 2.05) is 13.0 Å². The number of halogens is 3. The second-order valence-electron chi connectivity index (χ2n) is 6.11. The van der Waals surface area contributed by atoms with Crippen LogP contribution < -0.4 is 5.32 Å². The fourth-order valence-electron chi connectivity index (χ4n) is 2.65. The van der Waals surface area contributed by atoms with E-state index in [4.69, 9.17) is 34.8 Å². The highest BCUT2D eigenvalue weighted by Crippen LogP contribution is 2.24. The monoisotopic (exact) mass is 426 g/mol. The summed E-state index contributed by atoms with van der Waals surface area (Å²) in [6.45, 7) is 4.26. The molecule has 2 aromatic carbocycles. The van der Waals surface area contributed by atoms with Crippen LogP contribution in [0.5, 0.6) is 0 Å². The standard InChI is InChI=1S/C20H21Cl3N2O2/c1-3-24-20(27)13(2)25(12-14-8-9-17(22)18(23)10-14)19(26)11-15-6-4-5-7-16(15)21/h4-10,13H,3,11-12H2,1-2H3,(H,24,27)/t13-/m0/s1. The van der Waals surface area contributed by atoms with Crippen LogP contribution in [0.1, 0.15) is 25.0 Å². The maximum atomic E-state index is 13.0. The van der Waals surface area contributed by atoms with Crippen molar-refractivity contribution in [1.82, 2.24) is 10.2 Å². The van der Waals surface area contributed by atoms with Gasteiger partial charge in [0, 0.05) is 18.1 Å². The van der Waals surface area contributed by atoms with Gasteiger partial charge in [0.25, 0.3) is 0 Å². The molecule has 0 aromatic heterocycles. The molecule has 2 rings (SSSR count). The van der Waals surface area contributed by atoms with Crippen LogP contribution in [0.3, 0.4) is 0 Å². The van der Waals surface area contributed by atoms with Crippen LogP contribution in [0.15, 0.2) is 42.5 Å². The highest BCUT2D eigenvalue weighted by Gasteiger charge is 2.26. The number of carbonyl (C=O) groups excluding carboxylic acids is 2. The maximum Gasteiger partial charge on any atom is 0.242 e. The zero-order valence-electron chi connectivity index (χ0n) is 15.1. The lowest BCUT2D eigenvalue weighted by molar-refractivity contribution is -0.140. The molecule has 0 saturated carbocycles. The number of carbonyl (C=O) groups is 2. The lowest BCUT2D eigenvalue weighted by Crippen LogP contribution is -2.48. The molecule has 0 heterocycles. The smallest absolute Gasteiger partial charge is 0.242 e. The summed E-state index contributed by atoms with van der Waals surface area (Å²) in [7, 11) is 0. The summed E-state index contributed by atoms with van der Waals surface area (Å²) in [5.41, 5.74) is 1.50. The first-order valence-corrected chi connectivity index (χ1v) is 9.71. The van der Waals surface area contributed by atoms with Crippen LogP contribution in [0.4, 0.5) is 0 Å². The van der Waals surface area contributed by atoms with Crippen molar-refractivity contribution in [1.29, 1.82) is 0 Å². The Balaban J connectivity index is 2.27. The molecule has 27 heavy (non-hydrogen) atoms. The third kappa shape index (κ3) is 5.86. The number of nitrogens with one attached hydrogen (secondary N) is 1. The summed E-state index contributed by atoms with van der Waals surface area (Å²) in [6, 6.07) is 11.7. The van der Waals surface area contributed by atoms with Gasteiger partial charge in [-0.05, 0) is 43.2 Å². The van der Waals surface area contributed by atoms with Crippen molar-refractivity contribution >= 4 is 46.6 Å². The second-order valence-corrected chi connectivity index (χ2v) is 7.33. The third-order valence-electron chi connectivity index (χ3n) is 4.15. The van der Waals surface area contributed by atoms with Crippen LogP contribution >= 0.6 is 34.8 Å². The Morgan fingerprint density at radius 3 is 2.37 bits per heavy atom. The Kier molecular flexibility index (Phi) is 7.96. The number of benzene rings is 2. The number of nitrogens with zero attached hydrogens (tertiary/aromatic N) is 1. The molecule has 0 fully saturated rings. The van der Waals surface area contributed by atoms with Crippen LogP contribution in [0.2, 0.25) is 15.1 Å². The van der Waals surface area contributed by atoms with E-state index >= 15 is 0 Å². The molecule has 1 atom stereocenters. The Bertz CT molecular complexity index is 827. The van der Waals surface area contributed by atoms with Crippen LogP contribution in [0.25, 0.3) is 0 Å². The van der Waals surface area contributed by atoms with E-state index in [-0.39, 0.29) is 24.8 Å². The summed E-state index contributed by atoms with van der Waals surface area (Å²) in [5.74, 6) is -0.419. The van der Waals surface area contributed by atoms with E-state index in [0.717, 1.165) is 5.56 Å². The highest BCUT2D eigenvalue weighted by molar-refractivity contribution is 6.42. The van der Waals surface area contributed by atoms with Gasteiger partial charge in [-0.2, -0.15) is 0 Å². The molecule has 0 spiro atoms. The molecule has 0 aliphatic rings. The average Bonchev–Trinajstić information content (AvgIpc) is 2.64. The van der Waals surface area contributed by atoms with Gasteiger partial charge >= 0.3 is 0 Å². The number of amides is 2. The first-order chi connectivity index (χ1) is 12.8. The Morgan fingerprint density at radius 1 is 1.04 bits per heavy atom. The Morgan fingerprint density at radius 2 is 1.74 bits per heavy atom. The zero-order valence-corrected chi connectivity index (χ0v) is 17.4. The fraction of sp³-hybridized carbons (Fsp3) is 0.300.